The number of halogens is 2. The molecule has 4 rings (SSSR count). The number of aromatic nitrogens is 1. The average Bonchev–Trinajstić information content (AvgIpc) is 3.38. The molecule has 0 unspecified atom stereocenters. The van der Waals surface area contributed by atoms with Gasteiger partial charge in [0.2, 0.25) is 0 Å². The summed E-state index contributed by atoms with van der Waals surface area (Å²) in [4.78, 5) is 19.3. The maximum absolute atomic E-state index is 13.4. The molecule has 0 fully saturated rings. The molecule has 1 N–H and O–H groups in total. The predicted molar refractivity (Wildman–Crippen MR) is 140 cm³/mol. The third-order valence-electron chi connectivity index (χ3n) is 5.73. The summed E-state index contributed by atoms with van der Waals surface area (Å²) in [7, 11) is 3.21. The Labute approximate surface area is 218 Å². The zero-order chi connectivity index (χ0) is 26.2. The Bertz CT molecular complexity index is 1330. The van der Waals surface area contributed by atoms with Crippen LogP contribution in [0.5, 0.6) is 11.5 Å². The predicted octanol–water partition coefficient (Wildman–Crippen LogP) is 5.94. The average molecular weight is 524 g/mol. The van der Waals surface area contributed by atoms with E-state index in [0.29, 0.717) is 42.5 Å². The summed E-state index contributed by atoms with van der Waals surface area (Å²) in [6.07, 6.45) is 0.741. The van der Waals surface area contributed by atoms with Crippen molar-refractivity contribution in [1.29, 1.82) is 0 Å². The number of carbonyl (C=O) groups excluding carboxylic acids is 1. The summed E-state index contributed by atoms with van der Waals surface area (Å²) < 4.78 is 37.3. The van der Waals surface area contributed by atoms with Crippen molar-refractivity contribution in [2.75, 3.05) is 26.1 Å². The first-order valence-electron chi connectivity index (χ1n) is 11.6. The Morgan fingerprint density at radius 1 is 0.892 bits per heavy atom. The van der Waals surface area contributed by atoms with E-state index < -0.39 is 0 Å². The van der Waals surface area contributed by atoms with Crippen molar-refractivity contribution in [3.63, 3.8) is 0 Å². The number of thiazole rings is 1. The van der Waals surface area contributed by atoms with Gasteiger partial charge >= 0.3 is 0 Å². The van der Waals surface area contributed by atoms with E-state index in [4.69, 9.17) is 9.47 Å². The van der Waals surface area contributed by atoms with Crippen LogP contribution < -0.4 is 14.8 Å². The molecule has 0 bridgehead atoms. The van der Waals surface area contributed by atoms with E-state index >= 15 is 0 Å². The van der Waals surface area contributed by atoms with Gasteiger partial charge in [0.05, 0.1) is 20.8 Å². The molecule has 0 saturated heterocycles. The van der Waals surface area contributed by atoms with Crippen molar-refractivity contribution in [3.05, 3.63) is 106 Å². The number of hydrogen-bond acceptors (Lipinski definition) is 6. The van der Waals surface area contributed by atoms with Crippen LogP contribution in [0, 0.1) is 11.6 Å². The van der Waals surface area contributed by atoms with Gasteiger partial charge in [0.15, 0.2) is 11.5 Å². The third-order valence-corrected chi connectivity index (χ3v) is 6.56. The van der Waals surface area contributed by atoms with Crippen molar-refractivity contribution in [2.24, 2.45) is 0 Å². The summed E-state index contributed by atoms with van der Waals surface area (Å²) in [6.45, 7) is 1.80. The van der Waals surface area contributed by atoms with Crippen LogP contribution in [-0.2, 0) is 19.5 Å². The molecular formula is C28H27F2N3O3S. The van der Waals surface area contributed by atoms with Gasteiger partial charge in [-0.2, -0.15) is 0 Å². The maximum Gasteiger partial charge on any atom is 0.275 e. The van der Waals surface area contributed by atoms with Gasteiger partial charge in [-0.15, -0.1) is 11.3 Å². The van der Waals surface area contributed by atoms with Crippen molar-refractivity contribution < 1.29 is 23.0 Å². The maximum atomic E-state index is 13.4. The van der Waals surface area contributed by atoms with Crippen LogP contribution in [0.2, 0.25) is 0 Å². The third kappa shape index (κ3) is 7.34. The number of amides is 1. The van der Waals surface area contributed by atoms with Crippen LogP contribution in [0.4, 0.5) is 14.5 Å². The lowest BCUT2D eigenvalue weighted by Crippen LogP contribution is -2.25. The van der Waals surface area contributed by atoms with Gasteiger partial charge in [-0.3, -0.25) is 9.69 Å². The topological polar surface area (TPSA) is 63.7 Å². The Hall–Kier alpha value is -3.82. The molecule has 0 saturated carbocycles. The highest BCUT2D eigenvalue weighted by Gasteiger charge is 2.15. The van der Waals surface area contributed by atoms with Crippen LogP contribution in [0.1, 0.15) is 26.6 Å². The van der Waals surface area contributed by atoms with Crippen molar-refractivity contribution >= 4 is 22.9 Å². The van der Waals surface area contributed by atoms with E-state index in [9.17, 15) is 13.6 Å². The van der Waals surface area contributed by atoms with Crippen molar-refractivity contribution in [1.82, 2.24) is 9.88 Å². The molecule has 192 valence electrons. The van der Waals surface area contributed by atoms with Gasteiger partial charge in [0.25, 0.3) is 5.91 Å². The number of ether oxygens (including phenoxy) is 2. The molecule has 1 aromatic heterocycles. The molecule has 1 heterocycles. The number of nitrogens with zero attached hydrogens (tertiary/aromatic N) is 2. The van der Waals surface area contributed by atoms with Crippen LogP contribution in [0.15, 0.2) is 72.1 Å². The largest absolute Gasteiger partial charge is 0.493 e. The van der Waals surface area contributed by atoms with E-state index in [1.807, 2.05) is 18.2 Å². The van der Waals surface area contributed by atoms with E-state index in [2.05, 4.69) is 15.2 Å². The molecular weight excluding hydrogens is 496 g/mol. The quantitative estimate of drug-likeness (QED) is 0.264. The fraction of sp³-hybridized carbons (Fsp3) is 0.214. The fourth-order valence-electron chi connectivity index (χ4n) is 3.79. The number of methoxy groups -OCH3 is 2. The highest BCUT2D eigenvalue weighted by Crippen LogP contribution is 2.28. The Morgan fingerprint density at radius 3 is 2.22 bits per heavy atom. The first-order chi connectivity index (χ1) is 17.9. The molecule has 3 aromatic carbocycles. The van der Waals surface area contributed by atoms with Crippen LogP contribution >= 0.6 is 11.3 Å². The summed E-state index contributed by atoms with van der Waals surface area (Å²) in [5.74, 6) is 0.329. The number of carbonyl (C=O) groups is 1. The molecule has 6 nitrogen and oxygen atoms in total. The minimum absolute atomic E-state index is 0.280. The van der Waals surface area contributed by atoms with Crippen LogP contribution in [0.3, 0.4) is 0 Å². The standard InChI is InChI=1S/C28H27F2N3O3S/c1-35-25-12-5-19(15-26(25)36-2)13-14-33(16-20-3-6-21(29)7-4-20)17-27-32-24(18-37-27)28(34)31-23-10-8-22(30)9-11-23/h3-12,15,18H,13-14,16-17H2,1-2H3,(H,31,34). The van der Waals surface area contributed by atoms with Gasteiger partial charge in [-0.1, -0.05) is 18.2 Å². The number of rotatable bonds is 11. The highest BCUT2D eigenvalue weighted by molar-refractivity contribution is 7.09. The SMILES string of the molecule is COc1ccc(CCN(Cc2ccc(F)cc2)Cc2nc(C(=O)Nc3ccc(F)cc3)cs2)cc1OC. The Balaban J connectivity index is 1.46. The van der Waals surface area contributed by atoms with Crippen LogP contribution in [0.25, 0.3) is 0 Å². The minimum Gasteiger partial charge on any atom is -0.493 e. The molecule has 4 aromatic rings. The van der Waals surface area contributed by atoms with Gasteiger partial charge < -0.3 is 14.8 Å². The normalized spacial score (nSPS) is 10.9. The second kappa shape index (κ2) is 12.4. The first-order valence-corrected chi connectivity index (χ1v) is 12.5. The van der Waals surface area contributed by atoms with Crippen molar-refractivity contribution in [2.45, 2.75) is 19.5 Å². The molecule has 9 heteroatoms. The first kappa shape index (κ1) is 26.2. The number of hydrogen-bond donors (Lipinski definition) is 1. The van der Waals surface area contributed by atoms with E-state index in [0.717, 1.165) is 22.6 Å². The molecule has 37 heavy (non-hydrogen) atoms. The van der Waals surface area contributed by atoms with E-state index in [1.54, 1.807) is 31.7 Å². The second-order valence-electron chi connectivity index (χ2n) is 8.36. The zero-order valence-corrected chi connectivity index (χ0v) is 21.4. The molecule has 0 spiro atoms. The summed E-state index contributed by atoms with van der Waals surface area (Å²) >= 11 is 1.39. The molecule has 0 aliphatic carbocycles. The van der Waals surface area contributed by atoms with E-state index in [-0.39, 0.29) is 17.5 Å². The lowest BCUT2D eigenvalue weighted by molar-refractivity contribution is 0.102. The molecule has 0 atom stereocenters. The monoisotopic (exact) mass is 523 g/mol. The number of nitrogens with one attached hydrogen (secondary N) is 1. The second-order valence-corrected chi connectivity index (χ2v) is 9.31. The molecule has 0 radical (unpaired) electrons. The van der Waals surface area contributed by atoms with Crippen molar-refractivity contribution in [3.8, 4) is 11.5 Å². The molecule has 1 amide bonds. The number of benzene rings is 3. The van der Waals surface area contributed by atoms with Gasteiger partial charge in [0, 0.05) is 24.2 Å². The van der Waals surface area contributed by atoms with E-state index in [1.165, 1.54) is 47.7 Å². The van der Waals surface area contributed by atoms with Gasteiger partial charge in [0.1, 0.15) is 22.3 Å². The summed E-state index contributed by atoms with van der Waals surface area (Å²) in [5, 5.41) is 5.21. The fourth-order valence-corrected chi connectivity index (χ4v) is 4.61. The molecule has 0 aliphatic heterocycles. The summed E-state index contributed by atoms with van der Waals surface area (Å²) in [5.41, 5.74) is 2.85. The lowest BCUT2D eigenvalue weighted by atomic mass is 10.1. The Morgan fingerprint density at radius 2 is 1.54 bits per heavy atom. The van der Waals surface area contributed by atoms with Gasteiger partial charge in [-0.25, -0.2) is 13.8 Å². The lowest BCUT2D eigenvalue weighted by Gasteiger charge is -2.22. The Kier molecular flexibility index (Phi) is 8.81. The minimum atomic E-state index is -0.372. The number of anilines is 1. The smallest absolute Gasteiger partial charge is 0.275 e. The zero-order valence-electron chi connectivity index (χ0n) is 20.5. The highest BCUT2D eigenvalue weighted by atomic mass is 32.1. The van der Waals surface area contributed by atoms with Crippen LogP contribution in [-0.4, -0.2) is 36.6 Å². The summed E-state index contributed by atoms with van der Waals surface area (Å²) in [6, 6.07) is 17.8. The van der Waals surface area contributed by atoms with Gasteiger partial charge in [-0.05, 0) is 66.1 Å². The molecule has 0 aliphatic rings.